The van der Waals surface area contributed by atoms with Gasteiger partial charge >= 0.3 is 11.8 Å². The van der Waals surface area contributed by atoms with E-state index in [1.54, 1.807) is 19.2 Å². The van der Waals surface area contributed by atoms with E-state index < -0.39 is 11.8 Å². The fraction of sp³-hybridized carbons (Fsp3) is 0.192. The van der Waals surface area contributed by atoms with E-state index in [1.165, 1.54) is 0 Å². The van der Waals surface area contributed by atoms with Crippen LogP contribution in [0.1, 0.15) is 30.5 Å². The van der Waals surface area contributed by atoms with Crippen LogP contribution in [0, 0.1) is 6.92 Å². The summed E-state index contributed by atoms with van der Waals surface area (Å²) in [5, 5.41) is 11.0. The van der Waals surface area contributed by atoms with Gasteiger partial charge in [-0.25, -0.2) is 4.68 Å². The molecule has 1 atom stereocenters. The van der Waals surface area contributed by atoms with Gasteiger partial charge in [-0.15, -0.1) is 0 Å². The van der Waals surface area contributed by atoms with Gasteiger partial charge in [-0.1, -0.05) is 31.2 Å². The summed E-state index contributed by atoms with van der Waals surface area (Å²) in [4.78, 5) is 25.1. The summed E-state index contributed by atoms with van der Waals surface area (Å²) in [6.45, 7) is 3.92. The zero-order valence-corrected chi connectivity index (χ0v) is 18.8. The van der Waals surface area contributed by atoms with Crippen molar-refractivity contribution in [3.8, 4) is 11.4 Å². The number of methoxy groups -OCH3 is 1. The second kappa shape index (κ2) is 9.56. The summed E-state index contributed by atoms with van der Waals surface area (Å²) in [5.41, 5.74) is 4.30. The lowest BCUT2D eigenvalue weighted by atomic mass is 10.0. The van der Waals surface area contributed by atoms with Crippen LogP contribution in [-0.4, -0.2) is 28.7 Å². The van der Waals surface area contributed by atoms with Crippen molar-refractivity contribution in [2.75, 3.05) is 12.4 Å². The van der Waals surface area contributed by atoms with Gasteiger partial charge in [-0.05, 0) is 66.9 Å². The first-order valence-electron chi connectivity index (χ1n) is 10.8. The van der Waals surface area contributed by atoms with Crippen molar-refractivity contribution in [3.63, 3.8) is 0 Å². The van der Waals surface area contributed by atoms with Gasteiger partial charge in [0, 0.05) is 11.1 Å². The molecule has 7 nitrogen and oxygen atoms in total. The van der Waals surface area contributed by atoms with Gasteiger partial charge in [0.2, 0.25) is 0 Å². The number of carbonyl (C=O) groups is 2. The SMILES string of the molecule is CCC(NC(=O)C(=O)Nc1ccc(-n2ncc3ccccc32)cc1)c1cc(C)cc(OC)c1. The van der Waals surface area contributed by atoms with Crippen LogP contribution < -0.4 is 15.4 Å². The minimum absolute atomic E-state index is 0.299. The maximum absolute atomic E-state index is 12.6. The number of carbonyl (C=O) groups excluding carboxylic acids is 2. The van der Waals surface area contributed by atoms with Gasteiger partial charge < -0.3 is 15.4 Å². The van der Waals surface area contributed by atoms with Crippen LogP contribution in [0.15, 0.2) is 72.9 Å². The van der Waals surface area contributed by atoms with Crippen LogP contribution in [-0.2, 0) is 9.59 Å². The molecule has 1 unspecified atom stereocenters. The Hall–Kier alpha value is -4.13. The van der Waals surface area contributed by atoms with Crippen LogP contribution in [0.4, 0.5) is 5.69 Å². The first-order valence-corrected chi connectivity index (χ1v) is 10.8. The lowest BCUT2D eigenvalue weighted by Crippen LogP contribution is -2.37. The van der Waals surface area contributed by atoms with Crippen LogP contribution >= 0.6 is 0 Å². The summed E-state index contributed by atoms with van der Waals surface area (Å²) in [6, 6.07) is 20.6. The maximum Gasteiger partial charge on any atom is 0.313 e. The van der Waals surface area contributed by atoms with Crippen LogP contribution in [0.25, 0.3) is 16.6 Å². The molecule has 4 rings (SSSR count). The van der Waals surface area contributed by atoms with Crippen molar-refractivity contribution in [2.45, 2.75) is 26.3 Å². The molecule has 7 heteroatoms. The van der Waals surface area contributed by atoms with Crippen molar-refractivity contribution in [3.05, 3.63) is 84.1 Å². The lowest BCUT2D eigenvalue weighted by molar-refractivity contribution is -0.136. The highest BCUT2D eigenvalue weighted by molar-refractivity contribution is 6.39. The molecule has 1 aromatic heterocycles. The molecule has 0 aliphatic rings. The first-order chi connectivity index (χ1) is 16.0. The highest BCUT2D eigenvalue weighted by atomic mass is 16.5. The number of aromatic nitrogens is 2. The molecule has 1 heterocycles. The average molecular weight is 443 g/mol. The molecule has 0 radical (unpaired) electrons. The number of hydrogen-bond donors (Lipinski definition) is 2. The largest absolute Gasteiger partial charge is 0.497 e. The molecular formula is C26H26N4O3. The van der Waals surface area contributed by atoms with E-state index in [1.807, 2.05) is 79.3 Å². The van der Waals surface area contributed by atoms with Crippen LogP contribution in [0.5, 0.6) is 5.75 Å². The number of aryl methyl sites for hydroxylation is 1. The Morgan fingerprint density at radius 3 is 2.52 bits per heavy atom. The standard InChI is InChI=1S/C26H26N4O3/c1-4-23(19-13-17(2)14-22(15-19)33-3)29-26(32)25(31)28-20-9-11-21(12-10-20)30-24-8-6-5-7-18(24)16-27-30/h5-16,23H,4H2,1-3H3,(H,28,31)(H,29,32). The highest BCUT2D eigenvalue weighted by Crippen LogP contribution is 2.24. The Kier molecular flexibility index (Phi) is 6.40. The van der Waals surface area contributed by atoms with E-state index >= 15 is 0 Å². The summed E-state index contributed by atoms with van der Waals surface area (Å²) < 4.78 is 7.15. The van der Waals surface area contributed by atoms with Crippen molar-refractivity contribution in [1.29, 1.82) is 0 Å². The van der Waals surface area contributed by atoms with Crippen molar-refractivity contribution in [1.82, 2.24) is 15.1 Å². The smallest absolute Gasteiger partial charge is 0.313 e. The minimum atomic E-state index is -0.717. The Labute approximate surface area is 192 Å². The minimum Gasteiger partial charge on any atom is -0.497 e. The molecule has 33 heavy (non-hydrogen) atoms. The molecule has 0 saturated heterocycles. The third-order valence-corrected chi connectivity index (χ3v) is 5.48. The molecular weight excluding hydrogens is 416 g/mol. The lowest BCUT2D eigenvalue weighted by Gasteiger charge is -2.18. The quantitative estimate of drug-likeness (QED) is 0.429. The number of amides is 2. The zero-order valence-electron chi connectivity index (χ0n) is 18.8. The second-order valence-corrected chi connectivity index (χ2v) is 7.83. The van der Waals surface area contributed by atoms with E-state index in [2.05, 4.69) is 15.7 Å². The number of hydrogen-bond acceptors (Lipinski definition) is 4. The van der Waals surface area contributed by atoms with Gasteiger partial charge in [0.1, 0.15) is 5.75 Å². The molecule has 0 bridgehead atoms. The monoisotopic (exact) mass is 442 g/mol. The molecule has 2 N–H and O–H groups in total. The molecule has 0 fully saturated rings. The predicted molar refractivity (Wildman–Crippen MR) is 129 cm³/mol. The van der Waals surface area contributed by atoms with Crippen molar-refractivity contribution < 1.29 is 14.3 Å². The second-order valence-electron chi connectivity index (χ2n) is 7.83. The van der Waals surface area contributed by atoms with Crippen molar-refractivity contribution in [2.24, 2.45) is 0 Å². The van der Waals surface area contributed by atoms with Gasteiger partial charge in [-0.2, -0.15) is 5.10 Å². The molecule has 0 aliphatic heterocycles. The molecule has 3 aromatic carbocycles. The predicted octanol–water partition coefficient (Wildman–Crippen LogP) is 4.55. The molecule has 0 spiro atoms. The van der Waals surface area contributed by atoms with E-state index in [0.29, 0.717) is 17.9 Å². The summed E-state index contributed by atoms with van der Waals surface area (Å²) in [5.74, 6) is -0.693. The number of anilines is 1. The number of benzene rings is 3. The van der Waals surface area contributed by atoms with Crippen LogP contribution in [0.2, 0.25) is 0 Å². The summed E-state index contributed by atoms with van der Waals surface area (Å²) >= 11 is 0. The van der Waals surface area contributed by atoms with Crippen LogP contribution in [0.3, 0.4) is 0 Å². The molecule has 2 amide bonds. The normalized spacial score (nSPS) is 11.7. The summed E-state index contributed by atoms with van der Waals surface area (Å²) in [7, 11) is 1.60. The number of nitrogens with zero attached hydrogens (tertiary/aromatic N) is 2. The fourth-order valence-corrected chi connectivity index (χ4v) is 3.79. The van der Waals surface area contributed by atoms with Gasteiger partial charge in [-0.3, -0.25) is 9.59 Å². The first kappa shape index (κ1) is 22.1. The Morgan fingerprint density at radius 2 is 1.79 bits per heavy atom. The Morgan fingerprint density at radius 1 is 1.03 bits per heavy atom. The number of para-hydroxylation sites is 1. The number of ether oxygens (including phenoxy) is 1. The average Bonchev–Trinajstić information content (AvgIpc) is 3.26. The van der Waals surface area contributed by atoms with Crippen molar-refractivity contribution >= 4 is 28.4 Å². The van der Waals surface area contributed by atoms with E-state index in [-0.39, 0.29) is 6.04 Å². The van der Waals surface area contributed by atoms with E-state index in [4.69, 9.17) is 4.74 Å². The third kappa shape index (κ3) is 4.87. The topological polar surface area (TPSA) is 85.3 Å². The summed E-state index contributed by atoms with van der Waals surface area (Å²) in [6.07, 6.45) is 2.45. The Balaban J connectivity index is 1.43. The van der Waals surface area contributed by atoms with E-state index in [0.717, 1.165) is 27.7 Å². The molecule has 4 aromatic rings. The maximum atomic E-state index is 12.6. The fourth-order valence-electron chi connectivity index (χ4n) is 3.79. The third-order valence-electron chi connectivity index (χ3n) is 5.48. The van der Waals surface area contributed by atoms with Gasteiger partial charge in [0.15, 0.2) is 0 Å². The highest BCUT2D eigenvalue weighted by Gasteiger charge is 2.20. The number of nitrogens with one attached hydrogen (secondary N) is 2. The van der Waals surface area contributed by atoms with Gasteiger partial charge in [0.25, 0.3) is 0 Å². The van der Waals surface area contributed by atoms with E-state index in [9.17, 15) is 9.59 Å². The molecule has 0 saturated carbocycles. The Bertz CT molecular complexity index is 1290. The number of fused-ring (bicyclic) bond motifs is 1. The molecule has 168 valence electrons. The van der Waals surface area contributed by atoms with Gasteiger partial charge in [0.05, 0.1) is 30.6 Å². The zero-order chi connectivity index (χ0) is 23.4. The molecule has 0 aliphatic carbocycles. The number of rotatable bonds is 6.